The van der Waals surface area contributed by atoms with E-state index in [1.54, 1.807) is 31.2 Å². The molecule has 1 aliphatic rings. The number of nitrogens with zero attached hydrogens (tertiary/aromatic N) is 2. The van der Waals surface area contributed by atoms with E-state index in [0.29, 0.717) is 36.3 Å². The molecule has 2 rings (SSSR count). The van der Waals surface area contributed by atoms with E-state index in [4.69, 9.17) is 10.5 Å². The summed E-state index contributed by atoms with van der Waals surface area (Å²) in [7, 11) is 0. The highest BCUT2D eigenvalue weighted by Crippen LogP contribution is 2.23. The lowest BCUT2D eigenvalue weighted by molar-refractivity contribution is -0.763. The maximum Gasteiger partial charge on any atom is 0.329 e. The number of rotatable bonds is 10. The number of hydrogen-bond acceptors (Lipinski definition) is 9. The molecule has 1 fully saturated rings. The van der Waals surface area contributed by atoms with Crippen molar-refractivity contribution in [1.29, 1.82) is 0 Å². The lowest BCUT2D eigenvalue weighted by Crippen LogP contribution is -2.44. The molecule has 2 atom stereocenters. The summed E-state index contributed by atoms with van der Waals surface area (Å²) in [4.78, 5) is 52.6. The van der Waals surface area contributed by atoms with Crippen molar-refractivity contribution in [2.24, 2.45) is 11.7 Å². The van der Waals surface area contributed by atoms with Crippen LogP contribution in [0.3, 0.4) is 0 Å². The Balaban J connectivity index is 1.85. The number of hydrogen-bond donors (Lipinski definition) is 1. The first kappa shape index (κ1) is 23.6. The average molecular weight is 439 g/mol. The molecule has 0 saturated carbocycles. The lowest BCUT2D eigenvalue weighted by atomic mass is 10.1. The van der Waals surface area contributed by atoms with Crippen LogP contribution in [0.25, 0.3) is 0 Å². The number of likely N-dealkylation sites (tertiary alicyclic amines) is 1. The topological polar surface area (TPSA) is 142 Å². The third kappa shape index (κ3) is 6.99. The highest BCUT2D eigenvalue weighted by Gasteiger charge is 2.37. The van der Waals surface area contributed by atoms with Gasteiger partial charge < -0.3 is 20.2 Å². The molecule has 10 nitrogen and oxygen atoms in total. The Bertz CT molecular complexity index is 772. The van der Waals surface area contributed by atoms with Gasteiger partial charge in [-0.15, -0.1) is 10.1 Å². The predicted molar refractivity (Wildman–Crippen MR) is 108 cm³/mol. The van der Waals surface area contributed by atoms with Gasteiger partial charge in [-0.2, -0.15) is 0 Å². The van der Waals surface area contributed by atoms with Gasteiger partial charge in [0.05, 0.1) is 6.54 Å². The molecule has 1 aromatic carbocycles. The quantitative estimate of drug-likeness (QED) is 0.324. The SMILES string of the molecule is C[C@H](CSC(=O)CN)C(=O)N1CCC[C@H]1C(=O)OCc1ccc(CO[N+](=O)[O-])cc1. The van der Waals surface area contributed by atoms with E-state index >= 15 is 0 Å². The second kappa shape index (κ2) is 11.5. The van der Waals surface area contributed by atoms with Gasteiger partial charge >= 0.3 is 5.97 Å². The van der Waals surface area contributed by atoms with Crippen molar-refractivity contribution in [2.45, 2.75) is 39.0 Å². The number of carbonyl (C=O) groups excluding carboxylic acids is 3. The lowest BCUT2D eigenvalue weighted by Gasteiger charge is -2.26. The van der Waals surface area contributed by atoms with Crippen molar-refractivity contribution < 1.29 is 29.0 Å². The fourth-order valence-electron chi connectivity index (χ4n) is 3.02. The van der Waals surface area contributed by atoms with E-state index < -0.39 is 23.0 Å². The summed E-state index contributed by atoms with van der Waals surface area (Å²) in [5.41, 5.74) is 6.61. The summed E-state index contributed by atoms with van der Waals surface area (Å²) in [6.45, 7) is 2.01. The molecule has 0 radical (unpaired) electrons. The van der Waals surface area contributed by atoms with Gasteiger partial charge in [0.1, 0.15) is 19.3 Å². The van der Waals surface area contributed by atoms with Gasteiger partial charge in [0.2, 0.25) is 11.0 Å². The number of benzene rings is 1. The minimum absolute atomic E-state index is 0.0319. The van der Waals surface area contributed by atoms with Gasteiger partial charge in [0.25, 0.3) is 5.09 Å². The van der Waals surface area contributed by atoms with E-state index in [1.807, 2.05) is 0 Å². The molecule has 164 valence electrons. The van der Waals surface area contributed by atoms with Gasteiger partial charge in [0, 0.05) is 18.2 Å². The smallest absolute Gasteiger partial charge is 0.329 e. The molecule has 0 aromatic heterocycles. The number of thioether (sulfide) groups is 1. The minimum Gasteiger partial charge on any atom is -0.459 e. The normalized spacial score (nSPS) is 16.7. The molecule has 0 unspecified atom stereocenters. The Morgan fingerprint density at radius 1 is 1.27 bits per heavy atom. The van der Waals surface area contributed by atoms with Crippen LogP contribution in [-0.4, -0.2) is 51.9 Å². The monoisotopic (exact) mass is 439 g/mol. The molecule has 30 heavy (non-hydrogen) atoms. The summed E-state index contributed by atoms with van der Waals surface area (Å²) < 4.78 is 5.38. The predicted octanol–water partition coefficient (Wildman–Crippen LogP) is 1.28. The Hall–Kier alpha value is -2.66. The Kier molecular flexibility index (Phi) is 9.06. The van der Waals surface area contributed by atoms with Crippen molar-refractivity contribution in [3.05, 3.63) is 45.5 Å². The number of nitrogens with two attached hydrogens (primary N) is 1. The van der Waals surface area contributed by atoms with Gasteiger partial charge in [-0.25, -0.2) is 4.79 Å². The summed E-state index contributed by atoms with van der Waals surface area (Å²) in [5.74, 6) is -0.742. The third-order valence-corrected chi connectivity index (χ3v) is 5.79. The van der Waals surface area contributed by atoms with E-state index in [-0.39, 0.29) is 30.8 Å². The standard InChI is InChI=1S/C19H25N3O7S/c1-13(12-30-17(23)9-20)18(24)21-8-2-3-16(21)19(25)28-10-14-4-6-15(7-5-14)11-29-22(26)27/h4-7,13,16H,2-3,8-12,20H2,1H3/t13-,16+/m1/s1. The Morgan fingerprint density at radius 3 is 2.50 bits per heavy atom. The molecule has 1 aliphatic heterocycles. The van der Waals surface area contributed by atoms with E-state index in [2.05, 4.69) is 4.84 Å². The van der Waals surface area contributed by atoms with Crippen molar-refractivity contribution in [3.63, 3.8) is 0 Å². The van der Waals surface area contributed by atoms with Crippen molar-refractivity contribution >= 4 is 28.8 Å². The number of esters is 1. The largest absolute Gasteiger partial charge is 0.459 e. The summed E-state index contributed by atoms with van der Waals surface area (Å²) in [5, 5.41) is 9.18. The fourth-order valence-corrected chi connectivity index (χ4v) is 3.71. The molecule has 11 heteroatoms. The van der Waals surface area contributed by atoms with E-state index in [1.165, 1.54) is 4.90 Å². The van der Waals surface area contributed by atoms with Crippen LogP contribution in [0.1, 0.15) is 30.9 Å². The van der Waals surface area contributed by atoms with Crippen LogP contribution in [0, 0.1) is 16.0 Å². The molecular weight excluding hydrogens is 414 g/mol. The fraction of sp³-hybridized carbons (Fsp3) is 0.526. The Morgan fingerprint density at radius 2 is 1.90 bits per heavy atom. The molecule has 0 bridgehead atoms. The van der Waals surface area contributed by atoms with Gasteiger partial charge in [-0.05, 0) is 24.0 Å². The first-order valence-corrected chi connectivity index (χ1v) is 10.5. The molecule has 1 aromatic rings. The third-order valence-electron chi connectivity index (χ3n) is 4.63. The zero-order valence-electron chi connectivity index (χ0n) is 16.7. The highest BCUT2D eigenvalue weighted by atomic mass is 32.2. The first-order valence-electron chi connectivity index (χ1n) is 9.49. The van der Waals surface area contributed by atoms with E-state index in [0.717, 1.165) is 11.8 Å². The molecule has 2 N–H and O–H groups in total. The molecule has 0 spiro atoms. The highest BCUT2D eigenvalue weighted by molar-refractivity contribution is 8.13. The molecular formula is C19H25N3O7S. The average Bonchev–Trinajstić information content (AvgIpc) is 3.24. The van der Waals surface area contributed by atoms with Gasteiger partial charge in [-0.3, -0.25) is 9.59 Å². The van der Waals surface area contributed by atoms with Crippen LogP contribution in [0.2, 0.25) is 0 Å². The molecule has 0 aliphatic carbocycles. The maximum absolute atomic E-state index is 12.7. The van der Waals surface area contributed by atoms with Gasteiger partial charge in [-0.1, -0.05) is 43.0 Å². The molecule has 1 amide bonds. The van der Waals surface area contributed by atoms with Crippen LogP contribution in [0.4, 0.5) is 0 Å². The first-order chi connectivity index (χ1) is 14.3. The molecule has 1 heterocycles. The maximum atomic E-state index is 12.7. The second-order valence-electron chi connectivity index (χ2n) is 6.90. The van der Waals surface area contributed by atoms with Crippen molar-refractivity contribution in [3.8, 4) is 0 Å². The van der Waals surface area contributed by atoms with Crippen LogP contribution in [0.15, 0.2) is 24.3 Å². The van der Waals surface area contributed by atoms with Crippen LogP contribution >= 0.6 is 11.8 Å². The molecule has 1 saturated heterocycles. The summed E-state index contributed by atoms with van der Waals surface area (Å²) in [6, 6.07) is 6.05. The van der Waals surface area contributed by atoms with Crippen LogP contribution in [-0.2, 0) is 37.2 Å². The zero-order valence-corrected chi connectivity index (χ0v) is 17.5. The zero-order chi connectivity index (χ0) is 22.1. The van der Waals surface area contributed by atoms with Crippen LogP contribution in [0.5, 0.6) is 0 Å². The minimum atomic E-state index is -0.861. The van der Waals surface area contributed by atoms with Crippen molar-refractivity contribution in [2.75, 3.05) is 18.8 Å². The Labute approximate surface area is 178 Å². The van der Waals surface area contributed by atoms with Crippen LogP contribution < -0.4 is 5.73 Å². The number of amides is 1. The number of ether oxygens (including phenoxy) is 1. The van der Waals surface area contributed by atoms with Crippen molar-refractivity contribution in [1.82, 2.24) is 4.90 Å². The summed E-state index contributed by atoms with van der Waals surface area (Å²) >= 11 is 1.02. The second-order valence-corrected chi connectivity index (χ2v) is 7.98. The summed E-state index contributed by atoms with van der Waals surface area (Å²) in [6.07, 6.45) is 1.24. The van der Waals surface area contributed by atoms with Gasteiger partial charge in [0.15, 0.2) is 0 Å². The van der Waals surface area contributed by atoms with E-state index in [9.17, 15) is 24.5 Å². The number of carbonyl (C=O) groups is 3.